The lowest BCUT2D eigenvalue weighted by atomic mass is 10.0. The largest absolute Gasteiger partial charge is 0.480 e. The van der Waals surface area contributed by atoms with Gasteiger partial charge in [0.1, 0.15) is 6.04 Å². The topological polar surface area (TPSA) is 75.7 Å². The van der Waals surface area contributed by atoms with Gasteiger partial charge in [0.15, 0.2) is 0 Å². The van der Waals surface area contributed by atoms with Crippen molar-refractivity contribution >= 4 is 11.5 Å². The molecular formula is C12H14N2O2. The standard InChI is InChI=1S/C12H14N2O2/c1-7-3-2-4-9-8(6-14-11(7)9)5-10(13)12(15)16/h2-4,10H,5-6,13H2,1H3,(H,15,16)/t10-/m0/s1. The van der Waals surface area contributed by atoms with Crippen molar-refractivity contribution in [3.05, 3.63) is 34.3 Å². The van der Waals surface area contributed by atoms with Gasteiger partial charge < -0.3 is 10.8 Å². The van der Waals surface area contributed by atoms with Crippen LogP contribution >= 0.6 is 0 Å². The SMILES string of the molecule is Cc1cccc2c1=NCC=2C[C@H](N)C(=O)O. The van der Waals surface area contributed by atoms with Crippen LogP contribution in [0.25, 0.3) is 5.57 Å². The highest BCUT2D eigenvalue weighted by Gasteiger charge is 2.16. The first-order valence-electron chi connectivity index (χ1n) is 5.20. The summed E-state index contributed by atoms with van der Waals surface area (Å²) in [6.07, 6.45) is 0.370. The highest BCUT2D eigenvalue weighted by atomic mass is 16.4. The number of hydrogen-bond acceptors (Lipinski definition) is 3. The molecule has 1 aliphatic heterocycles. The maximum absolute atomic E-state index is 10.7. The summed E-state index contributed by atoms with van der Waals surface area (Å²) in [7, 11) is 0. The monoisotopic (exact) mass is 218 g/mol. The zero-order chi connectivity index (χ0) is 11.7. The minimum Gasteiger partial charge on any atom is -0.480 e. The molecule has 0 amide bonds. The van der Waals surface area contributed by atoms with Gasteiger partial charge in [0, 0.05) is 5.22 Å². The fraction of sp³-hybridized carbons (Fsp3) is 0.333. The highest BCUT2D eigenvalue weighted by Crippen LogP contribution is 2.07. The number of rotatable bonds is 3. The van der Waals surface area contributed by atoms with Gasteiger partial charge in [-0.2, -0.15) is 0 Å². The number of aryl methyl sites for hydroxylation is 1. The van der Waals surface area contributed by atoms with Gasteiger partial charge in [-0.1, -0.05) is 18.2 Å². The Morgan fingerprint density at radius 2 is 2.38 bits per heavy atom. The second-order valence-electron chi connectivity index (χ2n) is 4.04. The van der Waals surface area contributed by atoms with Gasteiger partial charge in [-0.25, -0.2) is 0 Å². The second-order valence-corrected chi connectivity index (χ2v) is 4.04. The molecule has 0 saturated carbocycles. The highest BCUT2D eigenvalue weighted by molar-refractivity contribution is 5.75. The predicted octanol–water partition coefficient (Wildman–Crippen LogP) is -0.419. The fourth-order valence-corrected chi connectivity index (χ4v) is 1.94. The number of aliphatic carboxylic acids is 1. The van der Waals surface area contributed by atoms with Crippen LogP contribution in [-0.2, 0) is 4.79 Å². The Hall–Kier alpha value is -1.68. The Morgan fingerprint density at radius 1 is 1.62 bits per heavy atom. The maximum Gasteiger partial charge on any atom is 0.320 e. The summed E-state index contributed by atoms with van der Waals surface area (Å²) in [6, 6.07) is 5.10. The van der Waals surface area contributed by atoms with Gasteiger partial charge in [-0.05, 0) is 24.5 Å². The predicted molar refractivity (Wildman–Crippen MR) is 60.5 cm³/mol. The molecule has 3 N–H and O–H groups in total. The summed E-state index contributed by atoms with van der Waals surface area (Å²) in [4.78, 5) is 15.1. The maximum atomic E-state index is 10.7. The van der Waals surface area contributed by atoms with Gasteiger partial charge in [-0.3, -0.25) is 9.79 Å². The first kappa shape index (κ1) is 10.8. The Labute approximate surface area is 93.1 Å². The molecule has 0 bridgehead atoms. The third-order valence-corrected chi connectivity index (χ3v) is 2.83. The molecule has 0 spiro atoms. The summed E-state index contributed by atoms with van der Waals surface area (Å²) >= 11 is 0. The van der Waals surface area contributed by atoms with Crippen LogP contribution in [0.4, 0.5) is 0 Å². The number of para-hydroxylation sites is 1. The molecule has 1 atom stereocenters. The zero-order valence-corrected chi connectivity index (χ0v) is 9.10. The smallest absolute Gasteiger partial charge is 0.320 e. The van der Waals surface area contributed by atoms with Crippen LogP contribution in [-0.4, -0.2) is 23.7 Å². The van der Waals surface area contributed by atoms with Gasteiger partial charge >= 0.3 is 5.97 Å². The first-order chi connectivity index (χ1) is 7.59. The number of carbonyl (C=O) groups is 1. The molecule has 0 aliphatic carbocycles. The Balaban J connectivity index is 2.42. The van der Waals surface area contributed by atoms with E-state index in [0.29, 0.717) is 13.0 Å². The average Bonchev–Trinajstić information content (AvgIpc) is 2.63. The number of nitrogens with zero attached hydrogens (tertiary/aromatic N) is 1. The molecule has 1 aliphatic rings. The lowest BCUT2D eigenvalue weighted by Crippen LogP contribution is -2.32. The Bertz CT molecular complexity index is 549. The normalized spacial score (nSPS) is 15.5. The Morgan fingerprint density at radius 3 is 3.06 bits per heavy atom. The van der Waals surface area contributed by atoms with E-state index in [-0.39, 0.29) is 0 Å². The molecule has 0 aromatic heterocycles. The van der Waals surface area contributed by atoms with Crippen molar-refractivity contribution in [3.63, 3.8) is 0 Å². The number of nitrogens with two attached hydrogens (primary N) is 1. The summed E-state index contributed by atoms with van der Waals surface area (Å²) in [5.41, 5.74) is 7.67. The summed E-state index contributed by atoms with van der Waals surface area (Å²) < 4.78 is 0. The van der Waals surface area contributed by atoms with Crippen LogP contribution in [0, 0.1) is 6.92 Å². The van der Waals surface area contributed by atoms with Crippen LogP contribution in [0.5, 0.6) is 0 Å². The quantitative estimate of drug-likeness (QED) is 0.723. The van der Waals surface area contributed by atoms with Gasteiger partial charge in [0.05, 0.1) is 11.9 Å². The third kappa shape index (κ3) is 1.84. The number of hydrogen-bond donors (Lipinski definition) is 2. The molecular weight excluding hydrogens is 204 g/mol. The third-order valence-electron chi connectivity index (χ3n) is 2.83. The Kier molecular flexibility index (Phi) is 2.75. The van der Waals surface area contributed by atoms with E-state index < -0.39 is 12.0 Å². The first-order valence-corrected chi connectivity index (χ1v) is 5.20. The summed E-state index contributed by atoms with van der Waals surface area (Å²) in [6.45, 7) is 2.57. The van der Waals surface area contributed by atoms with E-state index >= 15 is 0 Å². The van der Waals surface area contributed by atoms with E-state index in [0.717, 1.165) is 21.7 Å². The van der Waals surface area contributed by atoms with Crippen LogP contribution in [0.1, 0.15) is 12.0 Å². The molecule has 2 rings (SSSR count). The van der Waals surface area contributed by atoms with Gasteiger partial charge in [0.25, 0.3) is 0 Å². The van der Waals surface area contributed by atoms with Crippen molar-refractivity contribution in [1.29, 1.82) is 0 Å². The molecule has 4 heteroatoms. The van der Waals surface area contributed by atoms with Crippen LogP contribution in [0.2, 0.25) is 0 Å². The van der Waals surface area contributed by atoms with E-state index in [4.69, 9.17) is 10.8 Å². The molecule has 0 unspecified atom stereocenters. The fourth-order valence-electron chi connectivity index (χ4n) is 1.94. The van der Waals surface area contributed by atoms with Crippen LogP contribution in [0.15, 0.2) is 23.2 Å². The molecule has 1 heterocycles. The van der Waals surface area contributed by atoms with E-state index in [1.54, 1.807) is 0 Å². The minimum atomic E-state index is -0.964. The van der Waals surface area contributed by atoms with E-state index in [2.05, 4.69) is 4.99 Å². The van der Waals surface area contributed by atoms with E-state index in [9.17, 15) is 4.79 Å². The van der Waals surface area contributed by atoms with E-state index in [1.165, 1.54) is 0 Å². The molecule has 0 saturated heterocycles. The number of benzene rings is 1. The molecule has 84 valence electrons. The second kappa shape index (κ2) is 4.06. The van der Waals surface area contributed by atoms with Gasteiger partial charge in [-0.15, -0.1) is 0 Å². The van der Waals surface area contributed by atoms with Crippen molar-refractivity contribution in [2.24, 2.45) is 10.7 Å². The number of carboxylic acids is 1. The molecule has 1 aromatic carbocycles. The van der Waals surface area contributed by atoms with Gasteiger partial charge in [0.2, 0.25) is 0 Å². The lowest BCUT2D eigenvalue weighted by molar-refractivity contribution is -0.138. The molecule has 0 fully saturated rings. The van der Waals surface area contributed by atoms with Crippen LogP contribution in [0.3, 0.4) is 0 Å². The van der Waals surface area contributed by atoms with Crippen molar-refractivity contribution in [2.45, 2.75) is 19.4 Å². The van der Waals surface area contributed by atoms with Crippen molar-refractivity contribution < 1.29 is 9.90 Å². The molecule has 4 nitrogen and oxygen atoms in total. The van der Waals surface area contributed by atoms with Crippen molar-refractivity contribution in [3.8, 4) is 0 Å². The summed E-state index contributed by atoms with van der Waals surface area (Å²) in [5, 5.41) is 10.8. The molecule has 16 heavy (non-hydrogen) atoms. The van der Waals surface area contributed by atoms with Crippen molar-refractivity contribution in [2.75, 3.05) is 6.54 Å². The average molecular weight is 218 g/mol. The zero-order valence-electron chi connectivity index (χ0n) is 9.10. The van der Waals surface area contributed by atoms with Crippen molar-refractivity contribution in [1.82, 2.24) is 0 Å². The number of carboxylic acid groups (broad SMARTS) is 1. The molecule has 0 radical (unpaired) electrons. The minimum absolute atomic E-state index is 0.370. The molecule has 1 aromatic rings. The summed E-state index contributed by atoms with van der Waals surface area (Å²) in [5.74, 6) is -0.964. The van der Waals surface area contributed by atoms with E-state index in [1.807, 2.05) is 25.1 Å². The lowest BCUT2D eigenvalue weighted by Gasteiger charge is -2.06. The van der Waals surface area contributed by atoms with Crippen LogP contribution < -0.4 is 16.3 Å². The number of fused-ring (bicyclic) bond motifs is 1.